The lowest BCUT2D eigenvalue weighted by Gasteiger charge is -2.19. The Labute approximate surface area is 222 Å². The Bertz CT molecular complexity index is 1580. The summed E-state index contributed by atoms with van der Waals surface area (Å²) >= 11 is 11.0. The second-order valence-electron chi connectivity index (χ2n) is 7.73. The monoisotopic (exact) mass is 580 g/mol. The number of rotatable bonds is 5. The minimum Gasteiger partial charge on any atom is -0.452 e. The molecule has 1 aromatic heterocycles. The Morgan fingerprint density at radius 3 is 2.47 bits per heavy atom. The highest BCUT2D eigenvalue weighted by Gasteiger charge is 2.33. The molecule has 0 radical (unpaired) electrons. The lowest BCUT2D eigenvalue weighted by Crippen LogP contribution is -2.24. The first-order valence-corrected chi connectivity index (χ1v) is 12.6. The van der Waals surface area contributed by atoms with Crippen molar-refractivity contribution >= 4 is 67.4 Å². The van der Waals surface area contributed by atoms with E-state index >= 15 is 0 Å². The minimum atomic E-state index is -0.897. The molecule has 1 amide bonds. The molecule has 1 aliphatic carbocycles. The van der Waals surface area contributed by atoms with Gasteiger partial charge in [0, 0.05) is 32.1 Å². The van der Waals surface area contributed by atoms with Gasteiger partial charge in [-0.2, -0.15) is 0 Å². The van der Waals surface area contributed by atoms with Gasteiger partial charge in [0.05, 0.1) is 21.8 Å². The SMILES string of the molecule is O=C(COC(=O)c1ccc2c(c1Cl)C(=O)c1ccccc1C2=O)Nc1nc(-c2cccc(Br)c2)cs1. The molecule has 7 nitrogen and oxygen atoms in total. The minimum absolute atomic E-state index is 0.0536. The number of ketones is 2. The fraction of sp³-hybridized carbons (Fsp3) is 0.0385. The maximum Gasteiger partial charge on any atom is 0.340 e. The molecule has 36 heavy (non-hydrogen) atoms. The molecule has 1 aliphatic rings. The molecular weight excluding hydrogens is 568 g/mol. The van der Waals surface area contributed by atoms with Crippen LogP contribution in [-0.2, 0) is 9.53 Å². The molecule has 178 valence electrons. The number of carbonyl (C=O) groups excluding carboxylic acids is 4. The molecule has 0 saturated heterocycles. The molecule has 0 spiro atoms. The van der Waals surface area contributed by atoms with Gasteiger partial charge in [-0.15, -0.1) is 11.3 Å². The summed E-state index contributed by atoms with van der Waals surface area (Å²) in [6, 6.07) is 16.7. The number of benzene rings is 3. The molecule has 0 atom stereocenters. The van der Waals surface area contributed by atoms with E-state index in [1.807, 2.05) is 24.3 Å². The zero-order chi connectivity index (χ0) is 25.4. The fourth-order valence-corrected chi connectivity index (χ4v) is 5.24. The third-order valence-corrected chi connectivity index (χ3v) is 7.10. The first-order chi connectivity index (χ1) is 17.3. The summed E-state index contributed by atoms with van der Waals surface area (Å²) in [6.07, 6.45) is 0. The van der Waals surface area contributed by atoms with Crippen LogP contribution in [0.1, 0.15) is 42.2 Å². The second-order valence-corrected chi connectivity index (χ2v) is 9.88. The number of nitrogens with zero attached hydrogens (tertiary/aromatic N) is 1. The lowest BCUT2D eigenvalue weighted by atomic mass is 9.83. The second kappa shape index (κ2) is 9.77. The Kier molecular flexibility index (Phi) is 6.53. The number of aromatic nitrogens is 1. The number of esters is 1. The van der Waals surface area contributed by atoms with Crippen molar-refractivity contribution < 1.29 is 23.9 Å². The van der Waals surface area contributed by atoms with Gasteiger partial charge in [0.15, 0.2) is 23.3 Å². The van der Waals surface area contributed by atoms with Crippen LogP contribution in [0.15, 0.2) is 70.5 Å². The van der Waals surface area contributed by atoms with Crippen LogP contribution < -0.4 is 5.32 Å². The fourth-order valence-electron chi connectivity index (χ4n) is 3.78. The summed E-state index contributed by atoms with van der Waals surface area (Å²) in [5.74, 6) is -2.30. The number of nitrogens with one attached hydrogen (secondary N) is 1. The van der Waals surface area contributed by atoms with E-state index < -0.39 is 24.3 Å². The Balaban J connectivity index is 1.27. The van der Waals surface area contributed by atoms with E-state index in [0.29, 0.717) is 10.8 Å². The molecule has 10 heteroatoms. The number of carbonyl (C=O) groups is 4. The zero-order valence-electron chi connectivity index (χ0n) is 18.2. The normalized spacial score (nSPS) is 12.1. The van der Waals surface area contributed by atoms with Crippen molar-refractivity contribution in [2.75, 3.05) is 11.9 Å². The summed E-state index contributed by atoms with van der Waals surface area (Å²) in [6.45, 7) is -0.590. The molecule has 4 aromatic rings. The Hall–Kier alpha value is -3.66. The van der Waals surface area contributed by atoms with Gasteiger partial charge in [-0.3, -0.25) is 19.7 Å². The third kappa shape index (κ3) is 4.48. The largest absolute Gasteiger partial charge is 0.452 e. The standard InChI is InChI=1S/C26H14BrClN2O5S/c27-14-5-3-4-13(10-14)19-12-36-26(29-19)30-20(31)11-35-25(34)18-9-8-17-21(22(18)28)24(33)16-7-2-1-6-15(16)23(17)32/h1-10,12H,11H2,(H,29,30,31). The topological polar surface area (TPSA) is 102 Å². The van der Waals surface area contributed by atoms with Crippen LogP contribution in [0.4, 0.5) is 5.13 Å². The van der Waals surface area contributed by atoms with E-state index in [2.05, 4.69) is 26.2 Å². The summed E-state index contributed by atoms with van der Waals surface area (Å²) in [5.41, 5.74) is 2.01. The number of fused-ring (bicyclic) bond motifs is 2. The van der Waals surface area contributed by atoms with Crippen LogP contribution in [0.25, 0.3) is 11.3 Å². The number of thiazole rings is 1. The molecule has 0 fully saturated rings. The number of amides is 1. The van der Waals surface area contributed by atoms with Crippen LogP contribution in [0.5, 0.6) is 0 Å². The number of hydrogen-bond donors (Lipinski definition) is 1. The molecule has 1 N–H and O–H groups in total. The maximum atomic E-state index is 13.0. The summed E-state index contributed by atoms with van der Waals surface area (Å²) in [5, 5.41) is 4.55. The molecule has 0 unspecified atom stereocenters. The number of hydrogen-bond acceptors (Lipinski definition) is 7. The van der Waals surface area contributed by atoms with Crippen molar-refractivity contribution in [2.24, 2.45) is 0 Å². The van der Waals surface area contributed by atoms with Gasteiger partial charge in [0.2, 0.25) is 0 Å². The quantitative estimate of drug-likeness (QED) is 0.263. The van der Waals surface area contributed by atoms with Crippen molar-refractivity contribution in [3.8, 4) is 11.3 Å². The molecular formula is C26H14BrClN2O5S. The predicted octanol–water partition coefficient (Wildman–Crippen LogP) is 5.80. The number of halogens is 2. The van der Waals surface area contributed by atoms with Crippen molar-refractivity contribution in [1.82, 2.24) is 4.98 Å². The van der Waals surface area contributed by atoms with E-state index in [1.54, 1.807) is 23.6 Å². The Morgan fingerprint density at radius 2 is 1.72 bits per heavy atom. The first-order valence-electron chi connectivity index (χ1n) is 10.5. The molecule has 0 bridgehead atoms. The van der Waals surface area contributed by atoms with Crippen LogP contribution in [-0.4, -0.2) is 35.0 Å². The third-order valence-electron chi connectivity index (χ3n) is 5.46. The van der Waals surface area contributed by atoms with E-state index in [1.165, 1.54) is 29.5 Å². The maximum absolute atomic E-state index is 13.0. The van der Waals surface area contributed by atoms with E-state index in [-0.39, 0.29) is 38.6 Å². The van der Waals surface area contributed by atoms with Crippen molar-refractivity contribution in [2.45, 2.75) is 0 Å². The van der Waals surface area contributed by atoms with E-state index in [9.17, 15) is 19.2 Å². The van der Waals surface area contributed by atoms with Gasteiger partial charge in [0.1, 0.15) is 0 Å². The van der Waals surface area contributed by atoms with Crippen LogP contribution in [0.2, 0.25) is 5.02 Å². The van der Waals surface area contributed by atoms with Gasteiger partial charge in [-0.1, -0.05) is 63.9 Å². The van der Waals surface area contributed by atoms with Gasteiger partial charge in [0.25, 0.3) is 5.91 Å². The zero-order valence-corrected chi connectivity index (χ0v) is 21.4. The predicted molar refractivity (Wildman–Crippen MR) is 139 cm³/mol. The molecule has 0 aliphatic heterocycles. The highest BCUT2D eigenvalue weighted by Crippen LogP contribution is 2.34. The van der Waals surface area contributed by atoms with Crippen LogP contribution >= 0.6 is 38.9 Å². The van der Waals surface area contributed by atoms with Crippen LogP contribution in [0.3, 0.4) is 0 Å². The average Bonchev–Trinajstić information content (AvgIpc) is 3.34. The lowest BCUT2D eigenvalue weighted by molar-refractivity contribution is -0.119. The summed E-state index contributed by atoms with van der Waals surface area (Å²) in [4.78, 5) is 55.2. The molecule has 5 rings (SSSR count). The van der Waals surface area contributed by atoms with Crippen molar-refractivity contribution in [1.29, 1.82) is 0 Å². The van der Waals surface area contributed by atoms with Gasteiger partial charge < -0.3 is 4.74 Å². The van der Waals surface area contributed by atoms with Gasteiger partial charge in [-0.25, -0.2) is 9.78 Å². The van der Waals surface area contributed by atoms with Gasteiger partial charge in [-0.05, 0) is 24.3 Å². The van der Waals surface area contributed by atoms with E-state index in [0.717, 1.165) is 10.0 Å². The van der Waals surface area contributed by atoms with Crippen molar-refractivity contribution in [3.05, 3.63) is 103 Å². The summed E-state index contributed by atoms with van der Waals surface area (Å²) in [7, 11) is 0. The highest BCUT2D eigenvalue weighted by molar-refractivity contribution is 9.10. The Morgan fingerprint density at radius 1 is 0.972 bits per heavy atom. The van der Waals surface area contributed by atoms with E-state index in [4.69, 9.17) is 16.3 Å². The molecule has 3 aromatic carbocycles. The molecule has 0 saturated carbocycles. The molecule has 1 heterocycles. The number of anilines is 1. The first kappa shape index (κ1) is 24.1. The highest BCUT2D eigenvalue weighted by atomic mass is 79.9. The summed E-state index contributed by atoms with van der Waals surface area (Å²) < 4.78 is 6.02. The van der Waals surface area contributed by atoms with Crippen molar-refractivity contribution in [3.63, 3.8) is 0 Å². The average molecular weight is 582 g/mol. The smallest absolute Gasteiger partial charge is 0.340 e. The van der Waals surface area contributed by atoms with Gasteiger partial charge >= 0.3 is 5.97 Å². The van der Waals surface area contributed by atoms with Crippen LogP contribution in [0, 0.1) is 0 Å². The number of ether oxygens (including phenoxy) is 1.